The molecule has 1 aromatic rings. The average molecular weight is 334 g/mol. The van der Waals surface area contributed by atoms with Gasteiger partial charge in [-0.15, -0.1) is 0 Å². The highest BCUT2D eigenvalue weighted by molar-refractivity contribution is 9.10. The van der Waals surface area contributed by atoms with Crippen molar-refractivity contribution in [1.82, 2.24) is 0 Å². The summed E-state index contributed by atoms with van der Waals surface area (Å²) in [6.45, 7) is 2.18. The van der Waals surface area contributed by atoms with Crippen molar-refractivity contribution in [2.75, 3.05) is 0 Å². The molecule has 0 aliphatic rings. The molecular weight excluding hydrogens is 312 g/mol. The predicted molar refractivity (Wildman–Crippen MR) is 79.0 cm³/mol. The normalized spacial score (nSPS) is 12.7. The smallest absolute Gasteiger partial charge is 0.137 e. The largest absolute Gasteiger partial charge is 0.324 e. The molecule has 0 bridgehead atoms. The predicted octanol–water partition coefficient (Wildman–Crippen LogP) is 5.48. The third kappa shape index (κ3) is 5.57. The molecule has 0 aliphatic carbocycles. The first-order valence-electron chi connectivity index (χ1n) is 6.96. The van der Waals surface area contributed by atoms with E-state index in [-0.39, 0.29) is 10.0 Å². The Morgan fingerprint density at radius 2 is 1.68 bits per heavy atom. The van der Waals surface area contributed by atoms with E-state index in [1.165, 1.54) is 31.7 Å². The van der Waals surface area contributed by atoms with Crippen LogP contribution < -0.4 is 5.73 Å². The maximum atomic E-state index is 13.7. The zero-order valence-electron chi connectivity index (χ0n) is 11.4. The van der Waals surface area contributed by atoms with Crippen LogP contribution in [-0.2, 0) is 0 Å². The monoisotopic (exact) mass is 333 g/mol. The van der Waals surface area contributed by atoms with Crippen LogP contribution in [0.2, 0.25) is 0 Å². The van der Waals surface area contributed by atoms with Crippen molar-refractivity contribution in [3.63, 3.8) is 0 Å². The van der Waals surface area contributed by atoms with Crippen LogP contribution in [-0.4, -0.2) is 0 Å². The lowest BCUT2D eigenvalue weighted by Crippen LogP contribution is -2.12. The lowest BCUT2D eigenvalue weighted by molar-refractivity contribution is 0.515. The van der Waals surface area contributed by atoms with E-state index >= 15 is 0 Å². The van der Waals surface area contributed by atoms with Crippen molar-refractivity contribution in [3.8, 4) is 0 Å². The quantitative estimate of drug-likeness (QED) is 0.494. The number of benzene rings is 1. The molecule has 0 spiro atoms. The minimum atomic E-state index is -0.463. The van der Waals surface area contributed by atoms with Gasteiger partial charge in [-0.05, 0) is 34.5 Å². The summed E-state index contributed by atoms with van der Waals surface area (Å²) in [6, 6.07) is 1.92. The van der Waals surface area contributed by atoms with Gasteiger partial charge in [0.2, 0.25) is 0 Å². The molecule has 1 aromatic carbocycles. The Hall–Kier alpha value is -0.480. The topological polar surface area (TPSA) is 26.0 Å². The number of unbranched alkanes of at least 4 members (excludes halogenated alkanes) is 5. The summed E-state index contributed by atoms with van der Waals surface area (Å²) in [5.41, 5.74) is 6.21. The summed E-state index contributed by atoms with van der Waals surface area (Å²) in [5, 5.41) is 0. The summed E-state index contributed by atoms with van der Waals surface area (Å²) >= 11 is 2.96. The first-order valence-corrected chi connectivity index (χ1v) is 7.75. The second kappa shape index (κ2) is 8.64. The van der Waals surface area contributed by atoms with Gasteiger partial charge in [-0.25, -0.2) is 8.78 Å². The highest BCUT2D eigenvalue weighted by Crippen LogP contribution is 2.26. The van der Waals surface area contributed by atoms with E-state index in [9.17, 15) is 8.78 Å². The third-order valence-electron chi connectivity index (χ3n) is 3.31. The van der Waals surface area contributed by atoms with Crippen LogP contribution in [0.4, 0.5) is 8.78 Å². The van der Waals surface area contributed by atoms with Gasteiger partial charge in [0, 0.05) is 11.6 Å². The molecule has 0 saturated heterocycles. The van der Waals surface area contributed by atoms with E-state index in [2.05, 4.69) is 22.9 Å². The summed E-state index contributed by atoms with van der Waals surface area (Å²) < 4.78 is 27.2. The Morgan fingerprint density at radius 1 is 1.05 bits per heavy atom. The highest BCUT2D eigenvalue weighted by Gasteiger charge is 2.14. The fourth-order valence-electron chi connectivity index (χ4n) is 2.12. The number of nitrogens with two attached hydrogens (primary N) is 1. The Labute approximate surface area is 122 Å². The molecule has 1 atom stereocenters. The van der Waals surface area contributed by atoms with Gasteiger partial charge in [0.1, 0.15) is 11.6 Å². The maximum absolute atomic E-state index is 13.7. The first-order chi connectivity index (χ1) is 9.06. The van der Waals surface area contributed by atoms with Crippen LogP contribution in [0.3, 0.4) is 0 Å². The van der Waals surface area contributed by atoms with Crippen molar-refractivity contribution in [3.05, 3.63) is 33.8 Å². The Balaban J connectivity index is 2.41. The van der Waals surface area contributed by atoms with Crippen molar-refractivity contribution >= 4 is 15.9 Å². The van der Waals surface area contributed by atoms with E-state index in [1.807, 2.05) is 0 Å². The molecule has 0 saturated carbocycles. The minimum Gasteiger partial charge on any atom is -0.324 e. The molecule has 4 heteroatoms. The maximum Gasteiger partial charge on any atom is 0.137 e. The fraction of sp³-hybridized carbons (Fsp3) is 0.600. The highest BCUT2D eigenvalue weighted by atomic mass is 79.9. The average Bonchev–Trinajstić information content (AvgIpc) is 2.37. The number of halogens is 3. The van der Waals surface area contributed by atoms with Gasteiger partial charge in [0.25, 0.3) is 0 Å². The Bertz CT molecular complexity index is 396. The molecule has 108 valence electrons. The lowest BCUT2D eigenvalue weighted by Gasteiger charge is -2.13. The van der Waals surface area contributed by atoms with Crippen molar-refractivity contribution in [2.45, 2.75) is 57.9 Å². The first kappa shape index (κ1) is 16.6. The molecule has 0 fully saturated rings. The molecular formula is C15H22BrF2N. The SMILES string of the molecule is CCCCCCCCC(N)c1cc(F)c(Br)cc1F. The van der Waals surface area contributed by atoms with Crippen LogP contribution in [0.5, 0.6) is 0 Å². The Kier molecular flexibility index (Phi) is 7.54. The lowest BCUT2D eigenvalue weighted by atomic mass is 10.00. The van der Waals surface area contributed by atoms with Gasteiger partial charge < -0.3 is 5.73 Å². The second-order valence-corrected chi connectivity index (χ2v) is 5.81. The van der Waals surface area contributed by atoms with Gasteiger partial charge in [-0.1, -0.05) is 45.4 Å². The van der Waals surface area contributed by atoms with Gasteiger partial charge >= 0.3 is 0 Å². The second-order valence-electron chi connectivity index (χ2n) is 4.95. The van der Waals surface area contributed by atoms with Crippen LogP contribution in [0.15, 0.2) is 16.6 Å². The molecule has 0 aromatic heterocycles. The molecule has 0 radical (unpaired) electrons. The van der Waals surface area contributed by atoms with Gasteiger partial charge in [-0.3, -0.25) is 0 Å². The van der Waals surface area contributed by atoms with Gasteiger partial charge in [-0.2, -0.15) is 0 Å². The van der Waals surface area contributed by atoms with Gasteiger partial charge in [0.05, 0.1) is 4.47 Å². The van der Waals surface area contributed by atoms with Crippen LogP contribution in [0.25, 0.3) is 0 Å². The number of hydrogen-bond donors (Lipinski definition) is 1. The molecule has 0 aliphatic heterocycles. The van der Waals surface area contributed by atoms with E-state index in [4.69, 9.17) is 5.73 Å². The summed E-state index contributed by atoms with van der Waals surface area (Å²) in [6.07, 6.45) is 7.69. The number of hydrogen-bond acceptors (Lipinski definition) is 1. The molecule has 1 rings (SSSR count). The Morgan fingerprint density at radius 3 is 2.37 bits per heavy atom. The van der Waals surface area contributed by atoms with Crippen LogP contribution >= 0.6 is 15.9 Å². The summed E-state index contributed by atoms with van der Waals surface area (Å²) in [7, 11) is 0. The summed E-state index contributed by atoms with van der Waals surface area (Å²) in [4.78, 5) is 0. The molecule has 0 amide bonds. The molecule has 1 unspecified atom stereocenters. The van der Waals surface area contributed by atoms with E-state index < -0.39 is 17.7 Å². The fourth-order valence-corrected chi connectivity index (χ4v) is 2.44. The molecule has 1 nitrogen and oxygen atoms in total. The van der Waals surface area contributed by atoms with E-state index in [1.54, 1.807) is 0 Å². The summed E-state index contributed by atoms with van der Waals surface area (Å²) in [5.74, 6) is -0.901. The van der Waals surface area contributed by atoms with Gasteiger partial charge in [0.15, 0.2) is 0 Å². The van der Waals surface area contributed by atoms with Crippen LogP contribution in [0.1, 0.15) is 63.5 Å². The van der Waals surface area contributed by atoms with E-state index in [0.29, 0.717) is 6.42 Å². The zero-order chi connectivity index (χ0) is 14.3. The standard InChI is InChI=1S/C15H22BrF2N/c1-2-3-4-5-6-7-8-15(19)11-9-14(18)12(16)10-13(11)17/h9-10,15H,2-8,19H2,1H3. The molecule has 19 heavy (non-hydrogen) atoms. The zero-order valence-corrected chi connectivity index (χ0v) is 13.0. The van der Waals surface area contributed by atoms with Crippen molar-refractivity contribution in [2.24, 2.45) is 5.73 Å². The minimum absolute atomic E-state index is 0.139. The van der Waals surface area contributed by atoms with E-state index in [0.717, 1.165) is 18.9 Å². The van der Waals surface area contributed by atoms with Crippen LogP contribution in [0, 0.1) is 11.6 Å². The number of rotatable bonds is 8. The van der Waals surface area contributed by atoms with Crippen molar-refractivity contribution < 1.29 is 8.78 Å². The van der Waals surface area contributed by atoms with Crippen molar-refractivity contribution in [1.29, 1.82) is 0 Å². The molecule has 2 N–H and O–H groups in total. The third-order valence-corrected chi connectivity index (χ3v) is 3.92. The molecule has 0 heterocycles.